The van der Waals surface area contributed by atoms with Crippen molar-refractivity contribution in [3.05, 3.63) is 6.20 Å². The number of anilines is 2. The van der Waals surface area contributed by atoms with Crippen LogP contribution in [-0.4, -0.2) is 38.4 Å². The maximum atomic E-state index is 11.3. The molecule has 0 spiro atoms. The van der Waals surface area contributed by atoms with Crippen LogP contribution in [0.2, 0.25) is 0 Å². The molecule has 0 aliphatic rings. The molecule has 0 atom stereocenters. The monoisotopic (exact) mass is 254 g/mol. The molecule has 0 radical (unpaired) electrons. The summed E-state index contributed by atoms with van der Waals surface area (Å²) >= 11 is 0. The van der Waals surface area contributed by atoms with Crippen LogP contribution in [-0.2, 0) is 19.9 Å². The van der Waals surface area contributed by atoms with E-state index in [0.717, 1.165) is 6.26 Å². The van der Waals surface area contributed by atoms with E-state index in [1.807, 2.05) is 4.72 Å². The normalized spacial score (nSPS) is 12.6. The minimum atomic E-state index is -3.97. The van der Waals surface area contributed by atoms with E-state index in [-0.39, 0.29) is 11.5 Å². The summed E-state index contributed by atoms with van der Waals surface area (Å²) in [7, 11) is -7.60. The molecule has 8 nitrogen and oxygen atoms in total. The van der Waals surface area contributed by atoms with Crippen molar-refractivity contribution in [1.29, 1.82) is 0 Å². The average molecular weight is 254 g/mol. The highest BCUT2D eigenvalue weighted by atomic mass is 32.3. The first-order chi connectivity index (χ1) is 6.70. The van der Waals surface area contributed by atoms with Crippen molar-refractivity contribution in [3.8, 4) is 0 Å². The van der Waals surface area contributed by atoms with E-state index in [1.165, 1.54) is 6.20 Å². The van der Waals surface area contributed by atoms with Crippen LogP contribution in [0.15, 0.2) is 6.20 Å². The highest BCUT2D eigenvalue weighted by Crippen LogP contribution is 2.14. The van der Waals surface area contributed by atoms with Crippen LogP contribution in [0.4, 0.5) is 11.5 Å². The van der Waals surface area contributed by atoms with E-state index in [0.29, 0.717) is 0 Å². The Balaban J connectivity index is 2.88. The third-order valence-corrected chi connectivity index (χ3v) is 4.76. The molecule has 0 aliphatic carbocycles. The van der Waals surface area contributed by atoms with Gasteiger partial charge in [-0.05, 0) is 0 Å². The van der Waals surface area contributed by atoms with E-state index in [9.17, 15) is 16.8 Å². The van der Waals surface area contributed by atoms with Gasteiger partial charge in [-0.3, -0.25) is 9.82 Å². The first-order valence-electron chi connectivity index (χ1n) is 3.67. The molecule has 4 N–H and O–H groups in total. The molecule has 0 aromatic carbocycles. The zero-order chi connectivity index (χ0) is 11.7. The molecule has 86 valence electrons. The lowest BCUT2D eigenvalue weighted by Crippen LogP contribution is -2.22. The molecule has 0 aliphatic heterocycles. The van der Waals surface area contributed by atoms with Gasteiger partial charge in [-0.15, -0.1) is 0 Å². The Morgan fingerprint density at radius 1 is 1.47 bits per heavy atom. The van der Waals surface area contributed by atoms with Gasteiger partial charge in [0.1, 0.15) is 0 Å². The van der Waals surface area contributed by atoms with Gasteiger partial charge in [0.05, 0.1) is 11.9 Å². The molecule has 0 fully saturated rings. The van der Waals surface area contributed by atoms with Crippen molar-refractivity contribution < 1.29 is 16.8 Å². The molecule has 1 rings (SSSR count). The van der Waals surface area contributed by atoms with Crippen LogP contribution in [0.1, 0.15) is 0 Å². The zero-order valence-electron chi connectivity index (χ0n) is 7.76. The van der Waals surface area contributed by atoms with Crippen molar-refractivity contribution >= 4 is 31.4 Å². The Hall–Kier alpha value is -1.29. The molecule has 10 heteroatoms. The third kappa shape index (κ3) is 3.75. The number of sulfonamides is 1. The van der Waals surface area contributed by atoms with E-state index in [1.54, 1.807) is 0 Å². The minimum Gasteiger partial charge on any atom is -0.394 e. The van der Waals surface area contributed by atoms with Crippen molar-refractivity contribution in [2.24, 2.45) is 0 Å². The maximum absolute atomic E-state index is 11.3. The summed E-state index contributed by atoms with van der Waals surface area (Å²) in [5, 5.41) is 4.76. The van der Waals surface area contributed by atoms with Gasteiger partial charge in [-0.2, -0.15) is 5.10 Å². The summed E-state index contributed by atoms with van der Waals surface area (Å²) in [4.78, 5) is 0. The summed E-state index contributed by atoms with van der Waals surface area (Å²) < 4.78 is 46.1. The number of sulfone groups is 1. The predicted molar refractivity (Wildman–Crippen MR) is 55.3 cm³/mol. The molecule has 1 aromatic rings. The Labute approximate surface area is 86.8 Å². The quantitative estimate of drug-likeness (QED) is 0.613. The average Bonchev–Trinajstić information content (AvgIpc) is 2.29. The fourth-order valence-electron chi connectivity index (χ4n) is 0.844. The standard InChI is InChI=1S/C5H10N4O4S2/c1-14(10,11)3-15(12,13)9-5-4(6)2-7-8-5/h2H,3,6H2,1H3,(H2,7,8,9). The summed E-state index contributed by atoms with van der Waals surface area (Å²) in [6.07, 6.45) is 2.03. The number of H-pyrrole nitrogens is 1. The van der Waals surface area contributed by atoms with E-state index in [2.05, 4.69) is 10.2 Å². The van der Waals surface area contributed by atoms with Crippen LogP contribution in [0.25, 0.3) is 0 Å². The second-order valence-corrected chi connectivity index (χ2v) is 7.19. The molecule has 0 amide bonds. The van der Waals surface area contributed by atoms with E-state index >= 15 is 0 Å². The number of rotatable bonds is 4. The number of hydrogen-bond acceptors (Lipinski definition) is 6. The van der Waals surface area contributed by atoms with Crippen LogP contribution in [0.5, 0.6) is 0 Å². The third-order valence-electron chi connectivity index (χ3n) is 1.30. The smallest absolute Gasteiger partial charge is 0.248 e. The van der Waals surface area contributed by atoms with Crippen molar-refractivity contribution in [1.82, 2.24) is 10.2 Å². The summed E-state index contributed by atoms with van der Waals surface area (Å²) in [6.45, 7) is 0. The zero-order valence-corrected chi connectivity index (χ0v) is 9.39. The van der Waals surface area contributed by atoms with Gasteiger partial charge < -0.3 is 5.73 Å². The lowest BCUT2D eigenvalue weighted by Gasteiger charge is -2.04. The Morgan fingerprint density at radius 2 is 2.07 bits per heavy atom. The van der Waals surface area contributed by atoms with Gasteiger partial charge in [0.2, 0.25) is 10.0 Å². The van der Waals surface area contributed by atoms with Gasteiger partial charge in [-0.1, -0.05) is 0 Å². The van der Waals surface area contributed by atoms with Gasteiger partial charge in [0, 0.05) is 6.26 Å². The maximum Gasteiger partial charge on any atom is 0.248 e. The largest absolute Gasteiger partial charge is 0.394 e. The fourth-order valence-corrected chi connectivity index (χ4v) is 3.81. The number of hydrogen-bond donors (Lipinski definition) is 3. The second-order valence-electron chi connectivity index (χ2n) is 2.96. The molecule has 0 bridgehead atoms. The van der Waals surface area contributed by atoms with Gasteiger partial charge in [0.25, 0.3) is 0 Å². The molecule has 0 unspecified atom stereocenters. The van der Waals surface area contributed by atoms with Crippen LogP contribution >= 0.6 is 0 Å². The number of aromatic amines is 1. The van der Waals surface area contributed by atoms with E-state index < -0.39 is 24.9 Å². The lowest BCUT2D eigenvalue weighted by molar-refractivity contribution is 0.594. The van der Waals surface area contributed by atoms with Gasteiger partial charge in [0.15, 0.2) is 20.7 Å². The molecular formula is C5H10N4O4S2. The van der Waals surface area contributed by atoms with Crippen molar-refractivity contribution in [3.63, 3.8) is 0 Å². The number of aromatic nitrogens is 2. The van der Waals surface area contributed by atoms with Crippen molar-refractivity contribution in [2.75, 3.05) is 21.8 Å². The lowest BCUT2D eigenvalue weighted by atomic mass is 10.6. The first-order valence-corrected chi connectivity index (χ1v) is 7.38. The van der Waals surface area contributed by atoms with Gasteiger partial charge >= 0.3 is 0 Å². The molecule has 15 heavy (non-hydrogen) atoms. The number of nitrogens with zero attached hydrogens (tertiary/aromatic N) is 1. The Morgan fingerprint density at radius 3 is 2.47 bits per heavy atom. The highest BCUT2D eigenvalue weighted by Gasteiger charge is 2.19. The summed E-state index contributed by atoms with van der Waals surface area (Å²) in [5.74, 6) is -0.0429. The molecule has 1 aromatic heterocycles. The molecule has 1 heterocycles. The number of nitrogens with one attached hydrogen (secondary N) is 2. The number of nitrogens with two attached hydrogens (primary N) is 1. The number of nitrogen functional groups attached to an aromatic ring is 1. The fraction of sp³-hybridized carbons (Fsp3) is 0.400. The highest BCUT2D eigenvalue weighted by molar-refractivity contribution is 8.08. The van der Waals surface area contributed by atoms with Crippen molar-refractivity contribution in [2.45, 2.75) is 0 Å². The second kappa shape index (κ2) is 3.70. The molecule has 0 saturated heterocycles. The van der Waals surface area contributed by atoms with E-state index in [4.69, 9.17) is 5.73 Å². The minimum absolute atomic E-state index is 0.0429. The first kappa shape index (κ1) is 11.8. The SMILES string of the molecule is CS(=O)(=O)CS(=O)(=O)Nc1[nH]ncc1N. The summed E-state index contributed by atoms with van der Waals surface area (Å²) in [6, 6.07) is 0. The molecule has 0 saturated carbocycles. The van der Waals surface area contributed by atoms with Crippen LogP contribution < -0.4 is 10.5 Å². The van der Waals surface area contributed by atoms with Crippen LogP contribution in [0.3, 0.4) is 0 Å². The van der Waals surface area contributed by atoms with Crippen LogP contribution in [0, 0.1) is 0 Å². The van der Waals surface area contributed by atoms with Gasteiger partial charge in [-0.25, -0.2) is 16.8 Å². The molecular weight excluding hydrogens is 244 g/mol. The predicted octanol–water partition coefficient (Wildman–Crippen LogP) is -1.26. The topological polar surface area (TPSA) is 135 Å². The Kier molecular flexibility index (Phi) is 2.90. The summed E-state index contributed by atoms with van der Waals surface area (Å²) in [5.41, 5.74) is 5.43. The Bertz CT molecular complexity index is 543.